The Morgan fingerprint density at radius 1 is 1.09 bits per heavy atom. The molecule has 0 aliphatic heterocycles. The highest BCUT2D eigenvalue weighted by Crippen LogP contribution is 2.26. The van der Waals surface area contributed by atoms with Gasteiger partial charge in [-0.15, -0.1) is 10.2 Å². The van der Waals surface area contributed by atoms with E-state index in [2.05, 4.69) is 20.8 Å². The molecule has 3 rings (SSSR count). The lowest BCUT2D eigenvalue weighted by molar-refractivity contribution is -0.113. The van der Waals surface area contributed by atoms with E-state index in [4.69, 9.17) is 23.2 Å². The fourth-order valence-electron chi connectivity index (χ4n) is 2.99. The van der Waals surface area contributed by atoms with Crippen molar-refractivity contribution in [1.29, 1.82) is 0 Å². The average Bonchev–Trinajstić information content (AvgIpc) is 3.11. The van der Waals surface area contributed by atoms with Gasteiger partial charge in [-0.3, -0.25) is 9.59 Å². The van der Waals surface area contributed by atoms with Gasteiger partial charge >= 0.3 is 0 Å². The lowest BCUT2D eigenvalue weighted by atomic mass is 10.0. The first-order chi connectivity index (χ1) is 15.3. The highest BCUT2D eigenvalue weighted by Gasteiger charge is 2.26. The number of carbonyl (C=O) groups excluding carboxylic acids is 2. The SMILES string of the molecule is CC(C)[C@@H](NC(=O)c1ccc(Cl)cc1Cl)c1nnc(SCC(=O)Nc2ccccc2)n1C. The Balaban J connectivity index is 1.69. The van der Waals surface area contributed by atoms with Crippen molar-refractivity contribution in [3.63, 3.8) is 0 Å². The molecule has 3 aromatic rings. The molecule has 10 heteroatoms. The molecule has 0 aliphatic carbocycles. The standard InChI is InChI=1S/C22H23Cl2N5O2S/c1-13(2)19(26-21(31)16-10-9-14(23)11-17(16)24)20-27-28-22(29(20)3)32-12-18(30)25-15-7-5-4-6-8-15/h4-11,13,19H,12H2,1-3H3,(H,25,30)(H,26,31)/t19-/m1/s1. The fraction of sp³-hybridized carbons (Fsp3) is 0.273. The average molecular weight is 492 g/mol. The van der Waals surface area contributed by atoms with E-state index in [9.17, 15) is 9.59 Å². The maximum absolute atomic E-state index is 12.8. The molecule has 7 nitrogen and oxygen atoms in total. The lowest BCUT2D eigenvalue weighted by Gasteiger charge is -2.22. The summed E-state index contributed by atoms with van der Waals surface area (Å²) in [4.78, 5) is 25.1. The van der Waals surface area contributed by atoms with Crippen LogP contribution in [0.3, 0.4) is 0 Å². The largest absolute Gasteiger partial charge is 0.342 e. The maximum atomic E-state index is 12.8. The van der Waals surface area contributed by atoms with Crippen LogP contribution < -0.4 is 10.6 Å². The van der Waals surface area contributed by atoms with Crippen LogP contribution in [-0.4, -0.2) is 32.3 Å². The number of hydrogen-bond acceptors (Lipinski definition) is 5. The van der Waals surface area contributed by atoms with Crippen molar-refractivity contribution in [2.45, 2.75) is 25.0 Å². The number of para-hydroxylation sites is 1. The van der Waals surface area contributed by atoms with E-state index >= 15 is 0 Å². The number of hydrogen-bond donors (Lipinski definition) is 2. The first kappa shape index (κ1) is 24.1. The zero-order chi connectivity index (χ0) is 23.3. The number of nitrogens with zero attached hydrogens (tertiary/aromatic N) is 3. The summed E-state index contributed by atoms with van der Waals surface area (Å²) in [5.41, 5.74) is 1.07. The van der Waals surface area contributed by atoms with Gasteiger partial charge in [0.25, 0.3) is 5.91 Å². The van der Waals surface area contributed by atoms with Gasteiger partial charge in [0, 0.05) is 17.8 Å². The molecule has 0 unspecified atom stereocenters. The van der Waals surface area contributed by atoms with Crippen LogP contribution in [0.5, 0.6) is 0 Å². The molecule has 32 heavy (non-hydrogen) atoms. The Morgan fingerprint density at radius 3 is 2.47 bits per heavy atom. The van der Waals surface area contributed by atoms with Crippen LogP contribution in [0, 0.1) is 5.92 Å². The molecule has 0 saturated carbocycles. The molecular formula is C22H23Cl2N5O2S. The molecule has 2 amide bonds. The van der Waals surface area contributed by atoms with Gasteiger partial charge in [-0.05, 0) is 36.2 Å². The summed E-state index contributed by atoms with van der Waals surface area (Å²) >= 11 is 13.4. The van der Waals surface area contributed by atoms with Crippen molar-refractivity contribution in [3.8, 4) is 0 Å². The molecule has 168 valence electrons. The molecule has 0 radical (unpaired) electrons. The summed E-state index contributed by atoms with van der Waals surface area (Å²) in [6, 6.07) is 13.6. The Hall–Kier alpha value is -2.55. The van der Waals surface area contributed by atoms with Crippen LogP contribution in [0.2, 0.25) is 10.0 Å². The lowest BCUT2D eigenvalue weighted by Crippen LogP contribution is -2.33. The quantitative estimate of drug-likeness (QED) is 0.433. The normalized spacial score (nSPS) is 11.9. The summed E-state index contributed by atoms with van der Waals surface area (Å²) in [5, 5.41) is 15.6. The number of amides is 2. The van der Waals surface area contributed by atoms with Crippen molar-refractivity contribution in [2.24, 2.45) is 13.0 Å². The number of rotatable bonds is 8. The molecular weight excluding hydrogens is 469 g/mol. The number of carbonyl (C=O) groups is 2. The number of halogens is 2. The van der Waals surface area contributed by atoms with Crippen molar-refractivity contribution in [1.82, 2.24) is 20.1 Å². The second-order valence-corrected chi connectivity index (χ2v) is 9.21. The van der Waals surface area contributed by atoms with Gasteiger partial charge < -0.3 is 15.2 Å². The minimum absolute atomic E-state index is 0.0344. The van der Waals surface area contributed by atoms with Crippen LogP contribution in [0.1, 0.15) is 36.1 Å². The van der Waals surface area contributed by atoms with E-state index in [1.165, 1.54) is 17.8 Å². The topological polar surface area (TPSA) is 88.9 Å². The maximum Gasteiger partial charge on any atom is 0.253 e. The molecule has 2 aromatic carbocycles. The van der Waals surface area contributed by atoms with Crippen LogP contribution >= 0.6 is 35.0 Å². The third-order valence-electron chi connectivity index (χ3n) is 4.67. The number of nitrogens with one attached hydrogen (secondary N) is 2. The Morgan fingerprint density at radius 2 is 1.81 bits per heavy atom. The predicted molar refractivity (Wildman–Crippen MR) is 128 cm³/mol. The summed E-state index contributed by atoms with van der Waals surface area (Å²) in [6.45, 7) is 3.95. The Bertz CT molecular complexity index is 1100. The Labute approximate surface area is 200 Å². The fourth-order valence-corrected chi connectivity index (χ4v) is 4.21. The van der Waals surface area contributed by atoms with Crippen molar-refractivity contribution in [3.05, 3.63) is 70.0 Å². The molecule has 0 spiro atoms. The molecule has 1 heterocycles. The minimum Gasteiger partial charge on any atom is -0.342 e. The zero-order valence-electron chi connectivity index (χ0n) is 17.8. The van der Waals surface area contributed by atoms with E-state index < -0.39 is 6.04 Å². The minimum atomic E-state index is -0.403. The van der Waals surface area contributed by atoms with Crippen LogP contribution in [0.15, 0.2) is 53.7 Å². The summed E-state index contributed by atoms with van der Waals surface area (Å²) in [5.74, 6) is 0.332. The monoisotopic (exact) mass is 491 g/mol. The van der Waals surface area contributed by atoms with Gasteiger partial charge in [-0.25, -0.2) is 0 Å². The van der Waals surface area contributed by atoms with Gasteiger partial charge in [-0.1, -0.05) is 67.0 Å². The number of anilines is 1. The van der Waals surface area contributed by atoms with Gasteiger partial charge in [-0.2, -0.15) is 0 Å². The molecule has 1 atom stereocenters. The Kier molecular flexibility index (Phi) is 8.17. The van der Waals surface area contributed by atoms with Gasteiger partial charge in [0.2, 0.25) is 5.91 Å². The zero-order valence-corrected chi connectivity index (χ0v) is 20.1. The van der Waals surface area contributed by atoms with E-state index in [0.717, 1.165) is 5.69 Å². The van der Waals surface area contributed by atoms with Crippen LogP contribution in [0.4, 0.5) is 5.69 Å². The number of thioether (sulfide) groups is 1. The molecule has 0 fully saturated rings. The first-order valence-corrected chi connectivity index (χ1v) is 11.6. The smallest absolute Gasteiger partial charge is 0.253 e. The third kappa shape index (κ3) is 6.03. The van der Waals surface area contributed by atoms with E-state index in [0.29, 0.717) is 21.6 Å². The van der Waals surface area contributed by atoms with Crippen LogP contribution in [-0.2, 0) is 11.8 Å². The highest BCUT2D eigenvalue weighted by molar-refractivity contribution is 7.99. The van der Waals surface area contributed by atoms with Crippen molar-refractivity contribution in [2.75, 3.05) is 11.1 Å². The molecule has 0 bridgehead atoms. The van der Waals surface area contributed by atoms with Gasteiger partial charge in [0.15, 0.2) is 11.0 Å². The highest BCUT2D eigenvalue weighted by atomic mass is 35.5. The summed E-state index contributed by atoms with van der Waals surface area (Å²) in [7, 11) is 1.81. The van der Waals surface area contributed by atoms with E-state index in [1.54, 1.807) is 16.7 Å². The summed E-state index contributed by atoms with van der Waals surface area (Å²) in [6.07, 6.45) is 0. The van der Waals surface area contributed by atoms with Crippen molar-refractivity contribution >= 4 is 52.5 Å². The number of aromatic nitrogens is 3. The second-order valence-electron chi connectivity index (χ2n) is 7.42. The molecule has 2 N–H and O–H groups in total. The summed E-state index contributed by atoms with van der Waals surface area (Å²) < 4.78 is 1.79. The van der Waals surface area contributed by atoms with E-state index in [-0.39, 0.29) is 28.5 Å². The van der Waals surface area contributed by atoms with Gasteiger partial charge in [0.1, 0.15) is 0 Å². The first-order valence-electron chi connectivity index (χ1n) is 9.89. The van der Waals surface area contributed by atoms with Gasteiger partial charge in [0.05, 0.1) is 22.4 Å². The number of benzene rings is 2. The molecule has 0 aliphatic rings. The second kappa shape index (κ2) is 10.8. The molecule has 0 saturated heterocycles. The van der Waals surface area contributed by atoms with Crippen molar-refractivity contribution < 1.29 is 9.59 Å². The van der Waals surface area contributed by atoms with E-state index in [1.807, 2.05) is 51.2 Å². The third-order valence-corrected chi connectivity index (χ3v) is 6.23. The van der Waals surface area contributed by atoms with Crippen LogP contribution in [0.25, 0.3) is 0 Å². The predicted octanol–water partition coefficient (Wildman–Crippen LogP) is 4.98. The molecule has 1 aromatic heterocycles.